The molecule has 4 N–H and O–H groups in total. The van der Waals surface area contributed by atoms with Crippen molar-refractivity contribution in [1.29, 1.82) is 0 Å². The topological polar surface area (TPSA) is 118 Å². The van der Waals surface area contributed by atoms with Crippen molar-refractivity contribution in [2.45, 2.75) is 11.3 Å². The number of nitrogen functional groups attached to an aromatic ring is 1. The maximum Gasteiger partial charge on any atom is 0.229 e. The van der Waals surface area contributed by atoms with Gasteiger partial charge in [0.25, 0.3) is 0 Å². The van der Waals surface area contributed by atoms with Gasteiger partial charge in [0.05, 0.1) is 33.8 Å². The summed E-state index contributed by atoms with van der Waals surface area (Å²) in [5.41, 5.74) is 6.84. The van der Waals surface area contributed by atoms with Crippen molar-refractivity contribution in [1.82, 2.24) is 9.97 Å². The zero-order valence-electron chi connectivity index (χ0n) is 12.5. The molecule has 126 valence electrons. The largest absolute Gasteiger partial charge is 0.395 e. The van der Waals surface area contributed by atoms with Crippen molar-refractivity contribution in [3.63, 3.8) is 0 Å². The maximum absolute atomic E-state index is 12.0. The lowest BCUT2D eigenvalue weighted by atomic mass is 10.3. The smallest absolute Gasteiger partial charge is 0.229 e. The highest BCUT2D eigenvalue weighted by Crippen LogP contribution is 2.25. The Balaban J connectivity index is 2.34. The molecular weight excluding hydrogens is 396 g/mol. The first kappa shape index (κ1) is 18.2. The number of anilines is 3. The summed E-state index contributed by atoms with van der Waals surface area (Å²) >= 11 is 3.28. The van der Waals surface area contributed by atoms with Gasteiger partial charge in [-0.25, -0.2) is 13.4 Å². The molecule has 0 spiro atoms. The average molecular weight is 411 g/mol. The molecule has 0 aliphatic heterocycles. The van der Waals surface area contributed by atoms with Crippen LogP contribution in [0.25, 0.3) is 0 Å². The summed E-state index contributed by atoms with van der Waals surface area (Å²) in [6.45, 7) is -0.443. The van der Waals surface area contributed by atoms with E-state index in [1.165, 1.54) is 12.1 Å². The van der Waals surface area contributed by atoms with Crippen LogP contribution in [-0.2, 0) is 16.3 Å². The molecule has 0 aliphatic carbocycles. The molecular formula is C15H15BrN4O3S. The minimum absolute atomic E-state index is 0.0930. The van der Waals surface area contributed by atoms with Crippen LogP contribution >= 0.6 is 15.9 Å². The van der Waals surface area contributed by atoms with Gasteiger partial charge < -0.3 is 16.2 Å². The van der Waals surface area contributed by atoms with Gasteiger partial charge in [0, 0.05) is 5.69 Å². The van der Waals surface area contributed by atoms with Crippen molar-refractivity contribution in [3.8, 4) is 12.3 Å². The van der Waals surface area contributed by atoms with Crippen LogP contribution in [0, 0.1) is 12.3 Å². The highest BCUT2D eigenvalue weighted by Gasteiger charge is 2.15. The molecule has 7 nitrogen and oxygen atoms in total. The Morgan fingerprint density at radius 1 is 1.38 bits per heavy atom. The van der Waals surface area contributed by atoms with Gasteiger partial charge in [0.15, 0.2) is 9.84 Å². The number of terminal acetylenes is 1. The van der Waals surface area contributed by atoms with Crippen LogP contribution in [0.1, 0.15) is 5.69 Å². The number of aliphatic hydroxyl groups excluding tert-OH is 1. The predicted octanol–water partition coefficient (Wildman–Crippen LogP) is 1.51. The number of sulfone groups is 1. The van der Waals surface area contributed by atoms with Gasteiger partial charge in [-0.2, -0.15) is 4.98 Å². The van der Waals surface area contributed by atoms with Crippen LogP contribution in [0.5, 0.6) is 0 Å². The highest BCUT2D eigenvalue weighted by atomic mass is 79.9. The van der Waals surface area contributed by atoms with Crippen LogP contribution in [-0.4, -0.2) is 35.9 Å². The van der Waals surface area contributed by atoms with Crippen LogP contribution in [0.15, 0.2) is 33.6 Å². The Labute approximate surface area is 148 Å². The third kappa shape index (κ3) is 4.23. The van der Waals surface area contributed by atoms with E-state index in [-0.39, 0.29) is 28.8 Å². The Morgan fingerprint density at radius 2 is 2.12 bits per heavy atom. The van der Waals surface area contributed by atoms with E-state index < -0.39 is 16.4 Å². The molecule has 0 saturated carbocycles. The molecule has 0 amide bonds. The standard InChI is InChI=1S/C15H15BrN4O3S/c1-2-4-12-13(16)14(17)20-15(19-12)18-10-5-3-6-11(9-10)24(22,23)8-7-21/h1,3,5-6,9,21H,4,7-8H2,(H3,17,18,19,20). The maximum atomic E-state index is 12.0. The van der Waals surface area contributed by atoms with Gasteiger partial charge in [0.1, 0.15) is 5.82 Å². The van der Waals surface area contributed by atoms with E-state index in [0.717, 1.165) is 0 Å². The number of rotatable bonds is 6. The SMILES string of the molecule is C#CCc1nc(Nc2cccc(S(=O)(=O)CCO)c2)nc(N)c1Br. The molecule has 2 rings (SSSR count). The first-order valence-electron chi connectivity index (χ1n) is 6.83. The first-order chi connectivity index (χ1) is 11.4. The number of hydrogen-bond donors (Lipinski definition) is 3. The summed E-state index contributed by atoms with van der Waals surface area (Å²) in [4.78, 5) is 8.45. The zero-order chi connectivity index (χ0) is 17.7. The molecule has 9 heteroatoms. The molecule has 0 unspecified atom stereocenters. The Morgan fingerprint density at radius 3 is 2.79 bits per heavy atom. The van der Waals surface area contributed by atoms with E-state index in [1.807, 2.05) is 0 Å². The van der Waals surface area contributed by atoms with Gasteiger partial charge in [-0.3, -0.25) is 0 Å². The van der Waals surface area contributed by atoms with E-state index in [0.29, 0.717) is 15.9 Å². The predicted molar refractivity (Wildman–Crippen MR) is 95.5 cm³/mol. The normalized spacial score (nSPS) is 11.0. The van der Waals surface area contributed by atoms with Crippen molar-refractivity contribution < 1.29 is 13.5 Å². The Hall–Kier alpha value is -2.15. The van der Waals surface area contributed by atoms with E-state index >= 15 is 0 Å². The second-order valence-corrected chi connectivity index (χ2v) is 7.67. The zero-order valence-corrected chi connectivity index (χ0v) is 14.9. The van der Waals surface area contributed by atoms with Crippen LogP contribution in [0.3, 0.4) is 0 Å². The minimum atomic E-state index is -3.55. The van der Waals surface area contributed by atoms with E-state index in [2.05, 4.69) is 37.1 Å². The highest BCUT2D eigenvalue weighted by molar-refractivity contribution is 9.10. The summed E-state index contributed by atoms with van der Waals surface area (Å²) in [7, 11) is -3.55. The van der Waals surface area contributed by atoms with Crippen molar-refractivity contribution in [2.24, 2.45) is 0 Å². The van der Waals surface area contributed by atoms with E-state index in [9.17, 15) is 8.42 Å². The summed E-state index contributed by atoms with van der Waals surface area (Å²) in [6, 6.07) is 6.14. The van der Waals surface area contributed by atoms with Crippen molar-refractivity contribution in [3.05, 3.63) is 34.4 Å². The number of aromatic nitrogens is 2. The average Bonchev–Trinajstić information content (AvgIpc) is 2.52. The quantitative estimate of drug-likeness (QED) is 0.617. The number of nitrogens with two attached hydrogens (primary N) is 1. The molecule has 24 heavy (non-hydrogen) atoms. The molecule has 1 aromatic heterocycles. The summed E-state index contributed by atoms with van der Waals surface area (Å²) in [6.07, 6.45) is 5.57. The summed E-state index contributed by atoms with van der Waals surface area (Å²) in [5, 5.41) is 11.8. The third-order valence-corrected chi connectivity index (χ3v) is 5.58. The number of hydrogen-bond acceptors (Lipinski definition) is 7. The van der Waals surface area contributed by atoms with Crippen molar-refractivity contribution >= 4 is 43.2 Å². The third-order valence-electron chi connectivity index (χ3n) is 3.02. The lowest BCUT2D eigenvalue weighted by Gasteiger charge is -2.10. The lowest BCUT2D eigenvalue weighted by Crippen LogP contribution is -2.10. The van der Waals surface area contributed by atoms with Crippen LogP contribution in [0.2, 0.25) is 0 Å². The fourth-order valence-corrected chi connectivity index (χ4v) is 3.30. The molecule has 0 bridgehead atoms. The minimum Gasteiger partial charge on any atom is -0.395 e. The number of aliphatic hydroxyl groups is 1. The Bertz CT molecular complexity index is 894. The summed E-state index contributed by atoms with van der Waals surface area (Å²) in [5.74, 6) is 2.57. The number of nitrogens with one attached hydrogen (secondary N) is 1. The number of halogens is 1. The molecule has 0 fully saturated rings. The lowest BCUT2D eigenvalue weighted by molar-refractivity contribution is 0.319. The molecule has 0 atom stereocenters. The van der Waals surface area contributed by atoms with Gasteiger partial charge >= 0.3 is 0 Å². The number of nitrogens with zero attached hydrogens (tertiary/aromatic N) is 2. The second-order valence-electron chi connectivity index (χ2n) is 4.77. The Kier molecular flexibility index (Phi) is 5.77. The van der Waals surface area contributed by atoms with Gasteiger partial charge in [-0.1, -0.05) is 6.07 Å². The van der Waals surface area contributed by atoms with Crippen molar-refractivity contribution in [2.75, 3.05) is 23.4 Å². The van der Waals surface area contributed by atoms with Gasteiger partial charge in [-0.15, -0.1) is 12.3 Å². The fourth-order valence-electron chi connectivity index (χ4n) is 1.92. The molecule has 0 saturated heterocycles. The molecule has 2 aromatic rings. The second kappa shape index (κ2) is 7.61. The van der Waals surface area contributed by atoms with Gasteiger partial charge in [0.2, 0.25) is 5.95 Å². The first-order valence-corrected chi connectivity index (χ1v) is 9.28. The summed E-state index contributed by atoms with van der Waals surface area (Å²) < 4.78 is 24.5. The van der Waals surface area contributed by atoms with Crippen LogP contribution in [0.4, 0.5) is 17.5 Å². The van der Waals surface area contributed by atoms with Crippen LogP contribution < -0.4 is 11.1 Å². The van der Waals surface area contributed by atoms with E-state index in [4.69, 9.17) is 17.3 Å². The fraction of sp³-hybridized carbons (Fsp3) is 0.200. The molecule has 1 aromatic carbocycles. The van der Waals surface area contributed by atoms with E-state index in [1.54, 1.807) is 12.1 Å². The molecule has 0 radical (unpaired) electrons. The molecule has 0 aliphatic rings. The monoisotopic (exact) mass is 410 g/mol. The molecule has 1 heterocycles. The van der Waals surface area contributed by atoms with Gasteiger partial charge in [-0.05, 0) is 34.1 Å². The number of benzene rings is 1.